The van der Waals surface area contributed by atoms with Crippen LogP contribution < -0.4 is 16.4 Å². The molecule has 3 aromatic rings. The summed E-state index contributed by atoms with van der Waals surface area (Å²) >= 11 is 3.37. The van der Waals surface area contributed by atoms with Crippen LogP contribution in [0.2, 0.25) is 0 Å². The molecular weight excluding hydrogens is 645 g/mol. The number of nitrogens with zero attached hydrogens (tertiary/aromatic N) is 4. The van der Waals surface area contributed by atoms with Gasteiger partial charge in [-0.15, -0.1) is 0 Å². The fourth-order valence-corrected chi connectivity index (χ4v) is 7.51. The second kappa shape index (κ2) is 11.0. The number of benzene rings is 2. The lowest BCUT2D eigenvalue weighted by Gasteiger charge is -2.39. The zero-order valence-corrected chi connectivity index (χ0v) is 25.1. The number of amides is 3. The number of hydrogen-bond acceptors (Lipinski definition) is 9. The topological polar surface area (TPSA) is 168 Å². The molecule has 4 N–H and O–H groups in total. The second-order valence-corrected chi connectivity index (χ2v) is 13.8. The van der Waals surface area contributed by atoms with Gasteiger partial charge in [-0.05, 0) is 59.5 Å². The minimum atomic E-state index is -3.75. The number of imide groups is 1. The number of aromatic nitrogens is 2. The molecule has 1 aromatic heterocycles. The van der Waals surface area contributed by atoms with E-state index in [1.165, 1.54) is 22.6 Å². The van der Waals surface area contributed by atoms with Crippen LogP contribution in [-0.4, -0.2) is 76.7 Å². The third-order valence-electron chi connectivity index (χ3n) is 8.19. The van der Waals surface area contributed by atoms with E-state index in [1.54, 1.807) is 24.3 Å². The maximum absolute atomic E-state index is 14.2. The molecule has 1 saturated heterocycles. The molecule has 2 fully saturated rings. The van der Waals surface area contributed by atoms with Crippen LogP contribution in [0.1, 0.15) is 50.3 Å². The summed E-state index contributed by atoms with van der Waals surface area (Å²) in [5.74, 6) is -2.45. The maximum Gasteiger partial charge on any atom is 0.261 e. The third-order valence-corrected chi connectivity index (χ3v) is 10.6. The molecule has 6 rings (SSSR count). The molecule has 1 atom stereocenters. The SMILES string of the molecule is NC(=O)c1c(F)cccc1Nc1nc(NC2CCN(S(=O)(=O)CCN3C(=O)c4ccccc4C3=O)CC23CC3)ncc1Br. The van der Waals surface area contributed by atoms with Crippen molar-refractivity contribution in [1.29, 1.82) is 0 Å². The standard InChI is InChI=1S/C28H27BrFN7O5S/c29-18-14-32-27(35-24(18)33-20-7-3-6-19(30)22(20)23(31)38)34-21-8-11-36(15-28(21)9-10-28)43(41,42)13-12-37-25(39)16-4-1-2-5-17(16)26(37)40/h1-7,14,21H,8-13,15H2,(H2,31,38)(H2,32,33,34,35). The van der Waals surface area contributed by atoms with Crippen LogP contribution in [0.25, 0.3) is 0 Å². The average molecular weight is 673 g/mol. The number of hydrogen-bond donors (Lipinski definition) is 3. The molecule has 1 saturated carbocycles. The van der Waals surface area contributed by atoms with Gasteiger partial charge in [0.25, 0.3) is 17.7 Å². The van der Waals surface area contributed by atoms with Crippen molar-refractivity contribution >= 4 is 61.1 Å². The van der Waals surface area contributed by atoms with Gasteiger partial charge in [0.2, 0.25) is 16.0 Å². The van der Waals surface area contributed by atoms with Gasteiger partial charge in [0, 0.05) is 37.3 Å². The van der Waals surface area contributed by atoms with E-state index in [2.05, 4.69) is 36.5 Å². The first-order valence-electron chi connectivity index (χ1n) is 13.6. The molecule has 43 heavy (non-hydrogen) atoms. The highest BCUT2D eigenvalue weighted by molar-refractivity contribution is 9.10. The molecule has 2 aromatic carbocycles. The van der Waals surface area contributed by atoms with Crippen molar-refractivity contribution in [3.05, 3.63) is 75.6 Å². The fourth-order valence-electron chi connectivity index (χ4n) is 5.71. The summed E-state index contributed by atoms with van der Waals surface area (Å²) in [4.78, 5) is 47.0. The van der Waals surface area contributed by atoms with E-state index < -0.39 is 33.6 Å². The van der Waals surface area contributed by atoms with E-state index in [0.717, 1.165) is 23.8 Å². The largest absolute Gasteiger partial charge is 0.365 e. The summed E-state index contributed by atoms with van der Waals surface area (Å²) in [5.41, 5.74) is 5.47. The number of sulfonamides is 1. The van der Waals surface area contributed by atoms with E-state index in [0.29, 0.717) is 17.4 Å². The first kappa shape index (κ1) is 29.1. The summed E-state index contributed by atoms with van der Waals surface area (Å²) < 4.78 is 42.8. The van der Waals surface area contributed by atoms with Gasteiger partial charge in [0.15, 0.2) is 0 Å². The predicted octanol–water partition coefficient (Wildman–Crippen LogP) is 3.11. The second-order valence-electron chi connectivity index (χ2n) is 10.8. The Balaban J connectivity index is 1.11. The number of halogens is 2. The summed E-state index contributed by atoms with van der Waals surface area (Å²) in [6.07, 6.45) is 3.62. The van der Waals surface area contributed by atoms with E-state index in [1.807, 2.05) is 0 Å². The van der Waals surface area contributed by atoms with Crippen molar-refractivity contribution in [3.8, 4) is 0 Å². The van der Waals surface area contributed by atoms with Crippen molar-refractivity contribution in [2.45, 2.75) is 25.3 Å². The van der Waals surface area contributed by atoms with Gasteiger partial charge in [-0.25, -0.2) is 22.1 Å². The first-order valence-corrected chi connectivity index (χ1v) is 16.0. The van der Waals surface area contributed by atoms with E-state index in [-0.39, 0.29) is 64.4 Å². The van der Waals surface area contributed by atoms with Crippen molar-refractivity contribution in [3.63, 3.8) is 0 Å². The molecular formula is C28H27BrFN7O5S. The highest BCUT2D eigenvalue weighted by atomic mass is 79.9. The maximum atomic E-state index is 14.2. The Morgan fingerprint density at radius 2 is 1.81 bits per heavy atom. The van der Waals surface area contributed by atoms with Gasteiger partial charge in [-0.1, -0.05) is 18.2 Å². The number of carbonyl (C=O) groups is 3. The smallest absolute Gasteiger partial charge is 0.261 e. The molecule has 224 valence electrons. The van der Waals surface area contributed by atoms with Crippen LogP contribution in [0, 0.1) is 11.2 Å². The molecule has 3 amide bonds. The van der Waals surface area contributed by atoms with Crippen LogP contribution >= 0.6 is 15.9 Å². The van der Waals surface area contributed by atoms with E-state index in [9.17, 15) is 27.2 Å². The minimum Gasteiger partial charge on any atom is -0.365 e. The molecule has 0 radical (unpaired) electrons. The van der Waals surface area contributed by atoms with Crippen molar-refractivity contribution in [2.24, 2.45) is 11.1 Å². The quantitative estimate of drug-likeness (QED) is 0.290. The zero-order chi connectivity index (χ0) is 30.5. The molecule has 3 heterocycles. The van der Waals surface area contributed by atoms with Crippen LogP contribution in [0.4, 0.5) is 21.8 Å². The van der Waals surface area contributed by atoms with Gasteiger partial charge >= 0.3 is 0 Å². The lowest BCUT2D eigenvalue weighted by molar-refractivity contribution is 0.0663. The van der Waals surface area contributed by atoms with Gasteiger partial charge in [-0.3, -0.25) is 19.3 Å². The number of carbonyl (C=O) groups excluding carboxylic acids is 3. The first-order chi connectivity index (χ1) is 20.5. The number of piperidine rings is 1. The van der Waals surface area contributed by atoms with Gasteiger partial charge in [-0.2, -0.15) is 4.98 Å². The average Bonchev–Trinajstić information content (AvgIpc) is 3.70. The van der Waals surface area contributed by atoms with Crippen molar-refractivity contribution in [2.75, 3.05) is 36.0 Å². The molecule has 2 aliphatic heterocycles. The van der Waals surface area contributed by atoms with Gasteiger partial charge in [0.05, 0.1) is 32.6 Å². The number of nitrogens with two attached hydrogens (primary N) is 1. The summed E-state index contributed by atoms with van der Waals surface area (Å²) in [6, 6.07) is 10.4. The van der Waals surface area contributed by atoms with Crippen LogP contribution in [0.15, 0.2) is 53.1 Å². The van der Waals surface area contributed by atoms with E-state index >= 15 is 0 Å². The molecule has 1 spiro atoms. The third kappa shape index (κ3) is 5.47. The van der Waals surface area contributed by atoms with Crippen molar-refractivity contribution < 1.29 is 27.2 Å². The van der Waals surface area contributed by atoms with Crippen LogP contribution in [0.3, 0.4) is 0 Å². The molecule has 0 bridgehead atoms. The highest BCUT2D eigenvalue weighted by Crippen LogP contribution is 2.53. The number of anilines is 3. The molecule has 1 unspecified atom stereocenters. The zero-order valence-electron chi connectivity index (χ0n) is 22.7. The monoisotopic (exact) mass is 671 g/mol. The lowest BCUT2D eigenvalue weighted by Crippen LogP contribution is -2.51. The summed E-state index contributed by atoms with van der Waals surface area (Å²) in [7, 11) is -3.75. The van der Waals surface area contributed by atoms with Gasteiger partial charge in [0.1, 0.15) is 11.6 Å². The Bertz CT molecular complexity index is 1730. The fraction of sp³-hybridized carbons (Fsp3) is 0.321. The van der Waals surface area contributed by atoms with Crippen molar-refractivity contribution in [1.82, 2.24) is 19.2 Å². The minimum absolute atomic E-state index is 0.112. The Hall–Kier alpha value is -3.95. The molecule has 12 nitrogen and oxygen atoms in total. The van der Waals surface area contributed by atoms with Crippen LogP contribution in [-0.2, 0) is 10.0 Å². The number of rotatable bonds is 9. The van der Waals surface area contributed by atoms with Gasteiger partial charge < -0.3 is 16.4 Å². The highest BCUT2D eigenvalue weighted by Gasteiger charge is 2.54. The number of primary amides is 1. The normalized spacial score (nSPS) is 19.4. The number of nitrogens with one attached hydrogen (secondary N) is 2. The predicted molar refractivity (Wildman–Crippen MR) is 159 cm³/mol. The molecule has 3 aliphatic rings. The lowest BCUT2D eigenvalue weighted by atomic mass is 9.90. The Morgan fingerprint density at radius 1 is 1.12 bits per heavy atom. The summed E-state index contributed by atoms with van der Waals surface area (Å²) in [5, 5.41) is 6.27. The Labute approximate surface area is 255 Å². The van der Waals surface area contributed by atoms with Crippen LogP contribution in [0.5, 0.6) is 0 Å². The Morgan fingerprint density at radius 3 is 2.47 bits per heavy atom. The summed E-state index contributed by atoms with van der Waals surface area (Å²) in [6.45, 7) is 0.323. The number of fused-ring (bicyclic) bond motifs is 1. The Kier molecular flexibility index (Phi) is 7.42. The van der Waals surface area contributed by atoms with E-state index in [4.69, 9.17) is 5.73 Å². The molecule has 15 heteroatoms. The molecule has 1 aliphatic carbocycles.